The Hall–Kier alpha value is -7.07. The van der Waals surface area contributed by atoms with Crippen molar-refractivity contribution in [3.63, 3.8) is 0 Å². The van der Waals surface area contributed by atoms with Crippen LogP contribution in [0.2, 0.25) is 98.2 Å². The lowest BCUT2D eigenvalue weighted by Crippen LogP contribution is -2.44. The number of nitrogens with zero attached hydrogens (tertiary/aromatic N) is 5. The van der Waals surface area contributed by atoms with Crippen LogP contribution in [0, 0.1) is 61.3 Å². The van der Waals surface area contributed by atoms with Crippen molar-refractivity contribution >= 4 is 66.3 Å². The zero-order valence-corrected chi connectivity index (χ0v) is 79.3. The van der Waals surface area contributed by atoms with E-state index in [1.54, 1.807) is 10.4 Å². The van der Waals surface area contributed by atoms with Crippen molar-refractivity contribution in [3.05, 3.63) is 237 Å². The molecule has 572 valence electrons. The van der Waals surface area contributed by atoms with E-state index in [4.69, 9.17) is 0 Å². The Morgan fingerprint density at radius 3 is 0.981 bits per heavy atom. The lowest BCUT2D eigenvalue weighted by Gasteiger charge is -2.21. The third-order valence-electron chi connectivity index (χ3n) is 21.3. The van der Waals surface area contributed by atoms with Gasteiger partial charge in [-0.1, -0.05) is 227 Å². The molecule has 0 saturated heterocycles. The molecule has 0 fully saturated rings. The molecule has 0 aliphatic heterocycles. The number of benzene rings is 5. The average molecular weight is 1520 g/mol. The summed E-state index contributed by atoms with van der Waals surface area (Å²) in [6.45, 7) is 74.3. The molecule has 0 amide bonds. The summed E-state index contributed by atoms with van der Waals surface area (Å²) in [6, 6.07) is 53.3. The van der Waals surface area contributed by atoms with Gasteiger partial charge in [-0.15, -0.1) is 0 Å². The normalized spacial score (nSPS) is 12.1. The molecule has 0 aliphatic rings. The SMILES string of the molecule is Cc1cc(C(C)(C)C)ccc1-c1cc([Si](C)(C)C)cc[n+]1C.Cc1cc(C(C)C)ccc1-c1cc([Si](C)(C)C)cc[n+]1C.Cc1cc(CC(C)C)ccc1-c1cc([Si](C)(C)C)cc[n+]1C.Cc1ccc(C(C)C)cc1-c1cc([Si](C)(C)C)c(C)c[n+]1C.Cc1ccc(C)c(-c2cc([Si](C)(C)C)c(C)c[n+]2C)c1. The molecule has 5 nitrogen and oxygen atoms in total. The minimum absolute atomic E-state index is 0.200. The summed E-state index contributed by atoms with van der Waals surface area (Å²) in [7, 11) is 4.24. The fraction of sp³-hybridized carbons (Fsp3) is 0.433. The van der Waals surface area contributed by atoms with Crippen molar-refractivity contribution in [2.24, 2.45) is 41.2 Å². The van der Waals surface area contributed by atoms with E-state index in [0.29, 0.717) is 17.8 Å². The van der Waals surface area contributed by atoms with Gasteiger partial charge in [0, 0.05) is 87.5 Å². The van der Waals surface area contributed by atoms with Crippen molar-refractivity contribution in [2.45, 2.75) is 240 Å². The zero-order valence-electron chi connectivity index (χ0n) is 74.3. The molecule has 0 unspecified atom stereocenters. The van der Waals surface area contributed by atoms with Crippen LogP contribution in [0.4, 0.5) is 0 Å². The van der Waals surface area contributed by atoms with Gasteiger partial charge in [0.15, 0.2) is 31.0 Å². The number of rotatable bonds is 14. The minimum Gasteiger partial charge on any atom is -0.201 e. The highest BCUT2D eigenvalue weighted by Gasteiger charge is 2.29. The molecule has 0 spiro atoms. The highest BCUT2D eigenvalue weighted by atomic mass is 28.3. The van der Waals surface area contributed by atoms with Crippen LogP contribution in [0.5, 0.6) is 0 Å². The maximum Gasteiger partial charge on any atom is 0.212 e. The van der Waals surface area contributed by atoms with Gasteiger partial charge in [-0.2, -0.15) is 0 Å². The van der Waals surface area contributed by atoms with Gasteiger partial charge in [-0.05, 0) is 191 Å². The van der Waals surface area contributed by atoms with Gasteiger partial charge in [-0.3, -0.25) is 0 Å². The Bertz CT molecular complexity index is 4740. The van der Waals surface area contributed by atoms with Crippen LogP contribution in [-0.2, 0) is 47.1 Å². The maximum atomic E-state index is 2.44. The smallest absolute Gasteiger partial charge is 0.201 e. The van der Waals surface area contributed by atoms with E-state index >= 15 is 0 Å². The van der Waals surface area contributed by atoms with E-state index in [0.717, 1.165) is 6.42 Å². The Labute approximate surface area is 658 Å². The number of hydrogen-bond donors (Lipinski definition) is 0. The van der Waals surface area contributed by atoms with Crippen LogP contribution < -0.4 is 48.8 Å². The van der Waals surface area contributed by atoms with Gasteiger partial charge in [0.25, 0.3) is 0 Å². The lowest BCUT2D eigenvalue weighted by atomic mass is 9.85. The fourth-order valence-electron chi connectivity index (χ4n) is 14.3. The van der Waals surface area contributed by atoms with Crippen molar-refractivity contribution < 1.29 is 22.8 Å². The Morgan fingerprint density at radius 2 is 0.636 bits per heavy atom. The van der Waals surface area contributed by atoms with Crippen molar-refractivity contribution in [3.8, 4) is 56.3 Å². The van der Waals surface area contributed by atoms with Crippen LogP contribution in [0.3, 0.4) is 0 Å². The maximum absolute atomic E-state index is 2.44. The third-order valence-corrected chi connectivity index (χ3v) is 31.7. The molecule has 0 saturated carbocycles. The molecular weight excluding hydrogens is 1380 g/mol. The summed E-state index contributed by atoms with van der Waals surface area (Å²) in [5, 5.41) is 7.68. The Kier molecular flexibility index (Phi) is 29.7. The Morgan fingerprint density at radius 1 is 0.299 bits per heavy atom. The van der Waals surface area contributed by atoms with E-state index < -0.39 is 40.4 Å². The predicted molar refractivity (Wildman–Crippen MR) is 483 cm³/mol. The van der Waals surface area contributed by atoms with Crippen LogP contribution in [-0.4, -0.2) is 40.4 Å². The van der Waals surface area contributed by atoms with Crippen molar-refractivity contribution in [1.29, 1.82) is 0 Å². The quantitative estimate of drug-likeness (QED) is 0.0764. The van der Waals surface area contributed by atoms with Gasteiger partial charge in [0.1, 0.15) is 35.2 Å². The van der Waals surface area contributed by atoms with Crippen molar-refractivity contribution in [1.82, 2.24) is 0 Å². The standard InChI is InChI=1S/3C20H30NSi.C19H28NSi.C18H26NSi/c1-14(2)17-10-9-15(3)18(11-17)19-12-20(22(6,7)8)16(4)13-21(19)5;1-15-13-16(20(2,3)4)9-10-18(15)19-14-17(22(6,7)8)11-12-21(19)5;1-15(2)12-17-8-9-19(16(3)13-17)20-14-18(22(5,6)7)10-11-21(20)4;1-14(2)16-8-9-18(15(3)12-16)19-13-17(21(5,6)7)10-11-20(19)4;1-13-8-9-14(2)16(10-13)17-11-18(20(5,6)7)15(3)12-19(17)4/h2*9-14H,1-8H3;8-11,13-15H,12H2,1-7H3;8-14H,1-7H3;8-12H,1-7H3/q5*+1. The first-order chi connectivity index (χ1) is 49.2. The molecule has 0 aliphatic carbocycles. The molecule has 10 rings (SSSR count). The molecule has 5 heterocycles. The largest absolute Gasteiger partial charge is 0.212 e. The van der Waals surface area contributed by atoms with E-state index in [1.165, 1.54) is 139 Å². The van der Waals surface area contributed by atoms with E-state index in [1.807, 2.05) is 0 Å². The lowest BCUT2D eigenvalue weighted by molar-refractivity contribution is -0.660. The van der Waals surface area contributed by atoms with Gasteiger partial charge in [0.05, 0.1) is 40.4 Å². The molecule has 0 bridgehead atoms. The molecule has 5 aromatic carbocycles. The third kappa shape index (κ3) is 24.0. The first-order valence-corrected chi connectivity index (χ1v) is 57.2. The molecule has 0 N–H and O–H groups in total. The Balaban J connectivity index is 0.000000209. The number of hydrogen-bond acceptors (Lipinski definition) is 0. The fourth-order valence-corrected chi connectivity index (χ4v) is 21.3. The highest BCUT2D eigenvalue weighted by Crippen LogP contribution is 2.31. The molecule has 10 heteroatoms. The molecule has 10 aromatic rings. The zero-order chi connectivity index (χ0) is 80.7. The van der Waals surface area contributed by atoms with Crippen LogP contribution >= 0.6 is 0 Å². The highest BCUT2D eigenvalue weighted by molar-refractivity contribution is 6.90. The molecular formula is C97H144N5Si5+5. The summed E-state index contributed by atoms with van der Waals surface area (Å²) in [4.78, 5) is 0. The first-order valence-electron chi connectivity index (χ1n) is 39.7. The van der Waals surface area contributed by atoms with Gasteiger partial charge >= 0.3 is 0 Å². The van der Waals surface area contributed by atoms with Gasteiger partial charge < -0.3 is 0 Å². The monoisotopic (exact) mass is 1520 g/mol. The average Bonchev–Trinajstić information content (AvgIpc) is 0.801. The molecule has 0 radical (unpaired) electrons. The topological polar surface area (TPSA) is 19.4 Å². The summed E-state index contributed by atoms with van der Waals surface area (Å²) in [6.07, 6.45) is 12.4. The van der Waals surface area contributed by atoms with E-state index in [-0.39, 0.29) is 5.41 Å². The van der Waals surface area contributed by atoms with Crippen molar-refractivity contribution in [2.75, 3.05) is 0 Å². The second-order valence-electron chi connectivity index (χ2n) is 38.5. The van der Waals surface area contributed by atoms with Crippen LogP contribution in [0.15, 0.2) is 171 Å². The van der Waals surface area contributed by atoms with Crippen LogP contribution in [0.1, 0.15) is 141 Å². The summed E-state index contributed by atoms with van der Waals surface area (Å²) in [5.74, 6) is 1.85. The molecule has 107 heavy (non-hydrogen) atoms. The number of aromatic nitrogens is 5. The number of aryl methyl sites for hydroxylation is 13. The first kappa shape index (κ1) is 88.8. The summed E-state index contributed by atoms with van der Waals surface area (Å²) in [5.41, 5.74) is 30.2. The van der Waals surface area contributed by atoms with Gasteiger partial charge in [0.2, 0.25) is 28.5 Å². The predicted octanol–water partition coefficient (Wildman–Crippen LogP) is 20.8. The molecule has 0 atom stereocenters. The number of pyridine rings is 5. The van der Waals surface area contributed by atoms with E-state index in [9.17, 15) is 0 Å². The second-order valence-corrected chi connectivity index (χ2v) is 63.8. The summed E-state index contributed by atoms with van der Waals surface area (Å²) >= 11 is 0. The van der Waals surface area contributed by atoms with Crippen LogP contribution in [0.25, 0.3) is 56.3 Å². The van der Waals surface area contributed by atoms with E-state index in [2.05, 4.69) is 444 Å². The van der Waals surface area contributed by atoms with Gasteiger partial charge in [-0.25, -0.2) is 22.8 Å². The summed E-state index contributed by atoms with van der Waals surface area (Å²) < 4.78 is 11.3. The molecule has 5 aromatic heterocycles. The minimum atomic E-state index is -1.33. The second kappa shape index (κ2) is 35.7.